The molecule has 2 aliphatic rings. The first kappa shape index (κ1) is 16.2. The number of carbonyl (C=O) groups excluding carboxylic acids is 1. The molecule has 9 heteroatoms. The van der Waals surface area contributed by atoms with E-state index in [2.05, 4.69) is 20.7 Å². The summed E-state index contributed by atoms with van der Waals surface area (Å²) in [5.74, 6) is -0.182. The Bertz CT molecular complexity index is 928. The van der Waals surface area contributed by atoms with E-state index in [0.29, 0.717) is 15.1 Å². The van der Waals surface area contributed by atoms with E-state index in [0.717, 1.165) is 23.1 Å². The third-order valence-corrected chi connectivity index (χ3v) is 4.78. The number of hydrogen-bond donors (Lipinski definition) is 2. The molecule has 1 aliphatic carbocycles. The largest absolute Gasteiger partial charge is 0.339 e. The van der Waals surface area contributed by atoms with Crippen LogP contribution < -0.4 is 10.6 Å². The fraction of sp³-hybridized carbons (Fsp3) is 0.188. The Morgan fingerprint density at radius 1 is 1.40 bits per heavy atom. The molecule has 6 nitrogen and oxygen atoms in total. The molecular weight excluding hydrogens is 443 g/mol. The molecule has 2 aromatic rings. The number of nitrogens with zero attached hydrogens (tertiary/aromatic N) is 3. The predicted octanol–water partition coefficient (Wildman–Crippen LogP) is 3.71. The number of halogens is 3. The van der Waals surface area contributed by atoms with E-state index < -0.39 is 12.3 Å². The molecule has 25 heavy (non-hydrogen) atoms. The maximum Gasteiger partial charge on any atom is 0.280 e. The van der Waals surface area contributed by atoms with Crippen LogP contribution in [0.15, 0.2) is 41.9 Å². The summed E-state index contributed by atoms with van der Waals surface area (Å²) >= 11 is 2.01. The van der Waals surface area contributed by atoms with Crippen molar-refractivity contribution < 1.29 is 13.6 Å². The van der Waals surface area contributed by atoms with Gasteiger partial charge in [-0.1, -0.05) is 0 Å². The summed E-state index contributed by atoms with van der Waals surface area (Å²) in [7, 11) is 0. The normalized spacial score (nSPS) is 15.6. The summed E-state index contributed by atoms with van der Waals surface area (Å²) in [5, 5.41) is 9.77. The van der Waals surface area contributed by atoms with Gasteiger partial charge in [-0.2, -0.15) is 5.10 Å². The van der Waals surface area contributed by atoms with Gasteiger partial charge in [-0.25, -0.2) is 18.4 Å². The van der Waals surface area contributed by atoms with Gasteiger partial charge in [-0.15, -0.1) is 0 Å². The van der Waals surface area contributed by atoms with Crippen LogP contribution in [0.25, 0.3) is 5.70 Å². The Balaban J connectivity index is 1.70. The summed E-state index contributed by atoms with van der Waals surface area (Å²) in [6, 6.07) is 3.43. The molecule has 4 rings (SSSR count). The minimum Gasteiger partial charge on any atom is -0.339 e. The van der Waals surface area contributed by atoms with Crippen molar-refractivity contribution in [3.8, 4) is 0 Å². The number of anilines is 2. The zero-order valence-electron chi connectivity index (χ0n) is 12.8. The van der Waals surface area contributed by atoms with Crippen LogP contribution in [0.4, 0.5) is 20.3 Å². The van der Waals surface area contributed by atoms with E-state index in [1.807, 2.05) is 22.6 Å². The van der Waals surface area contributed by atoms with Gasteiger partial charge in [0.1, 0.15) is 20.8 Å². The van der Waals surface area contributed by atoms with Crippen molar-refractivity contribution in [1.82, 2.24) is 14.8 Å². The van der Waals surface area contributed by atoms with Gasteiger partial charge in [-0.3, -0.25) is 4.79 Å². The summed E-state index contributed by atoms with van der Waals surface area (Å²) in [6.07, 6.45) is 3.37. The molecule has 0 unspecified atom stereocenters. The number of amides is 1. The van der Waals surface area contributed by atoms with Crippen LogP contribution in [0.2, 0.25) is 0 Å². The van der Waals surface area contributed by atoms with Gasteiger partial charge in [-0.05, 0) is 59.2 Å². The first-order valence-electron chi connectivity index (χ1n) is 7.53. The Morgan fingerprint density at radius 3 is 2.88 bits per heavy atom. The van der Waals surface area contributed by atoms with Crippen LogP contribution in [0.1, 0.15) is 23.2 Å². The number of alkyl halides is 2. The second kappa shape index (κ2) is 6.21. The maximum atomic E-state index is 13.4. The van der Waals surface area contributed by atoms with Crippen LogP contribution in [0.3, 0.4) is 0 Å². The molecule has 0 aromatic carbocycles. The maximum absolute atomic E-state index is 13.4. The fourth-order valence-electron chi connectivity index (χ4n) is 2.55. The highest BCUT2D eigenvalue weighted by Crippen LogP contribution is 2.38. The van der Waals surface area contributed by atoms with Gasteiger partial charge in [0.2, 0.25) is 0 Å². The van der Waals surface area contributed by atoms with Gasteiger partial charge in [0.05, 0.1) is 11.9 Å². The highest BCUT2D eigenvalue weighted by Gasteiger charge is 2.30. The highest BCUT2D eigenvalue weighted by molar-refractivity contribution is 14.1. The topological polar surface area (TPSA) is 71.8 Å². The molecule has 1 amide bonds. The number of carbonyl (C=O) groups is 1. The first-order valence-corrected chi connectivity index (χ1v) is 8.61. The molecule has 1 aliphatic heterocycles. The average Bonchev–Trinajstić information content (AvgIpc) is 3.35. The number of hydrogen-bond acceptors (Lipinski definition) is 4. The minimum atomic E-state index is -2.69. The van der Waals surface area contributed by atoms with Gasteiger partial charge >= 0.3 is 0 Å². The molecule has 0 bridgehead atoms. The summed E-state index contributed by atoms with van der Waals surface area (Å²) < 4.78 is 28.5. The standard InChI is InChI=1S/C16H12F2IN5O/c17-13(18)12-6-11(8-3-4-8)22-15-9(7-21-24(12)15)16(25)23-10-2-1-5-20-14(10)19/h1-2,5-7,13,22H,3-4H2,(H,23,25). The molecule has 1 fully saturated rings. The molecule has 0 radical (unpaired) electrons. The lowest BCUT2D eigenvalue weighted by molar-refractivity contribution is 0.102. The van der Waals surface area contributed by atoms with E-state index in [1.54, 1.807) is 18.3 Å². The van der Waals surface area contributed by atoms with Crippen LogP contribution in [0, 0.1) is 3.70 Å². The molecule has 2 N–H and O–H groups in total. The molecule has 128 valence electrons. The Morgan fingerprint density at radius 2 is 2.20 bits per heavy atom. The molecule has 0 saturated heterocycles. The minimum absolute atomic E-state index is 0.199. The van der Waals surface area contributed by atoms with Gasteiger partial charge < -0.3 is 10.6 Å². The second-order valence-corrected chi connectivity index (χ2v) is 6.65. The number of rotatable bonds is 3. The molecule has 3 heterocycles. The summed E-state index contributed by atoms with van der Waals surface area (Å²) in [5.41, 5.74) is 2.21. The van der Waals surface area contributed by atoms with Crippen LogP contribution in [-0.2, 0) is 0 Å². The number of fused-ring (bicyclic) bond motifs is 1. The van der Waals surface area contributed by atoms with E-state index in [-0.39, 0.29) is 17.1 Å². The zero-order chi connectivity index (χ0) is 17.6. The van der Waals surface area contributed by atoms with Gasteiger partial charge in [0.25, 0.3) is 12.3 Å². The molecule has 1 saturated carbocycles. The summed E-state index contributed by atoms with van der Waals surface area (Å²) in [4.78, 5) is 16.7. The smallest absolute Gasteiger partial charge is 0.280 e. The number of aromatic nitrogens is 3. The van der Waals surface area contributed by atoms with E-state index in [9.17, 15) is 13.6 Å². The lowest BCUT2D eigenvalue weighted by Crippen LogP contribution is -2.20. The number of pyridine rings is 1. The van der Waals surface area contributed by atoms with E-state index in [4.69, 9.17) is 0 Å². The van der Waals surface area contributed by atoms with Crippen molar-refractivity contribution in [2.45, 2.75) is 19.3 Å². The van der Waals surface area contributed by atoms with Crippen molar-refractivity contribution in [2.24, 2.45) is 0 Å². The van der Waals surface area contributed by atoms with Gasteiger partial charge in [0.15, 0.2) is 0 Å². The number of nitrogens with one attached hydrogen (secondary N) is 2. The van der Waals surface area contributed by atoms with Crippen molar-refractivity contribution in [3.05, 3.63) is 51.1 Å². The van der Waals surface area contributed by atoms with Crippen molar-refractivity contribution in [1.29, 1.82) is 0 Å². The Hall–Kier alpha value is -2.30. The van der Waals surface area contributed by atoms with Crippen LogP contribution >= 0.6 is 22.6 Å². The van der Waals surface area contributed by atoms with E-state index >= 15 is 0 Å². The second-order valence-electron chi connectivity index (χ2n) is 5.63. The number of allylic oxidation sites excluding steroid dienone is 3. The van der Waals surface area contributed by atoms with Crippen molar-refractivity contribution in [2.75, 3.05) is 10.6 Å². The Labute approximate surface area is 155 Å². The Kier molecular flexibility index (Phi) is 4.02. The quantitative estimate of drug-likeness (QED) is 0.547. The molecule has 0 spiro atoms. The third-order valence-electron chi connectivity index (χ3n) is 3.92. The van der Waals surface area contributed by atoms with Crippen molar-refractivity contribution in [3.63, 3.8) is 0 Å². The summed E-state index contributed by atoms with van der Waals surface area (Å²) in [6.45, 7) is 0. The SMILES string of the molecule is O=C(Nc1cccnc1I)c1cnn2c1NC(=C1CC1)C=C2C(F)F. The first-order chi connectivity index (χ1) is 12.0. The molecular formula is C16H12F2IN5O. The fourth-order valence-corrected chi connectivity index (χ4v) is 3.03. The highest BCUT2D eigenvalue weighted by atomic mass is 127. The third kappa shape index (κ3) is 3.03. The average molecular weight is 455 g/mol. The molecule has 2 aromatic heterocycles. The van der Waals surface area contributed by atoms with Crippen molar-refractivity contribution >= 4 is 45.7 Å². The van der Waals surface area contributed by atoms with Gasteiger partial charge in [0, 0.05) is 11.9 Å². The van der Waals surface area contributed by atoms with Crippen LogP contribution in [0.5, 0.6) is 0 Å². The zero-order valence-corrected chi connectivity index (χ0v) is 14.9. The monoisotopic (exact) mass is 455 g/mol. The van der Waals surface area contributed by atoms with E-state index in [1.165, 1.54) is 12.3 Å². The lowest BCUT2D eigenvalue weighted by Gasteiger charge is -2.20. The lowest BCUT2D eigenvalue weighted by atomic mass is 10.2. The van der Waals surface area contributed by atoms with Crippen LogP contribution in [-0.4, -0.2) is 27.1 Å². The molecule has 0 atom stereocenters. The predicted molar refractivity (Wildman–Crippen MR) is 97.3 cm³/mol.